The number of carbonyl (C=O) groups is 1. The molecule has 0 fully saturated rings. The molecule has 0 unspecified atom stereocenters. The minimum Gasteiger partial charge on any atom is -0.349 e. The van der Waals surface area contributed by atoms with Gasteiger partial charge in [-0.3, -0.25) is 14.8 Å². The van der Waals surface area contributed by atoms with Crippen molar-refractivity contribution in [1.82, 2.24) is 20.4 Å². The van der Waals surface area contributed by atoms with Crippen LogP contribution in [0.2, 0.25) is 0 Å². The third kappa shape index (κ3) is 2.95. The van der Waals surface area contributed by atoms with Crippen molar-refractivity contribution in [2.24, 2.45) is 0 Å². The summed E-state index contributed by atoms with van der Waals surface area (Å²) >= 11 is 1.85. The highest BCUT2D eigenvalue weighted by Gasteiger charge is 2.18. The maximum absolute atomic E-state index is 12.4. The van der Waals surface area contributed by atoms with Crippen molar-refractivity contribution in [3.8, 4) is 0 Å². The number of aromatic nitrogens is 2. The highest BCUT2D eigenvalue weighted by atomic mass is 32.1. The molecule has 0 radical (unpaired) electrons. The zero-order chi connectivity index (χ0) is 16.5. The van der Waals surface area contributed by atoms with E-state index in [0.717, 1.165) is 42.5 Å². The van der Waals surface area contributed by atoms with Crippen LogP contribution in [0.15, 0.2) is 29.6 Å². The van der Waals surface area contributed by atoms with Crippen LogP contribution in [0.1, 0.15) is 26.5 Å². The third-order valence-electron chi connectivity index (χ3n) is 4.53. The molecule has 1 aliphatic rings. The number of aromatic amines is 1. The van der Waals surface area contributed by atoms with Crippen molar-refractivity contribution >= 4 is 28.1 Å². The number of thiophene rings is 1. The summed E-state index contributed by atoms with van der Waals surface area (Å²) < 4.78 is 0. The van der Waals surface area contributed by atoms with E-state index in [-0.39, 0.29) is 5.91 Å². The Labute approximate surface area is 144 Å². The van der Waals surface area contributed by atoms with Gasteiger partial charge < -0.3 is 5.32 Å². The number of H-pyrrole nitrogens is 1. The van der Waals surface area contributed by atoms with Crippen LogP contribution in [0.25, 0.3) is 10.9 Å². The van der Waals surface area contributed by atoms with E-state index >= 15 is 0 Å². The lowest BCUT2D eigenvalue weighted by atomic mass is 10.1. The van der Waals surface area contributed by atoms with Crippen molar-refractivity contribution < 1.29 is 4.79 Å². The summed E-state index contributed by atoms with van der Waals surface area (Å²) in [5, 5.41) is 13.2. The summed E-state index contributed by atoms with van der Waals surface area (Å²) in [6.45, 7) is 5.57. The van der Waals surface area contributed by atoms with Gasteiger partial charge >= 0.3 is 0 Å². The molecule has 1 aromatic carbocycles. The molecule has 4 rings (SSSR count). The number of fused-ring (bicyclic) bond motifs is 2. The maximum Gasteiger partial charge on any atom is 0.272 e. The van der Waals surface area contributed by atoms with Crippen LogP contribution in [-0.4, -0.2) is 40.6 Å². The Hall–Kier alpha value is -2.18. The molecule has 24 heavy (non-hydrogen) atoms. The molecule has 0 atom stereocenters. The highest BCUT2D eigenvalue weighted by Crippen LogP contribution is 2.23. The van der Waals surface area contributed by atoms with E-state index < -0.39 is 0 Å². The Balaban J connectivity index is 1.36. The fraction of sp³-hybridized carbons (Fsp3) is 0.333. The molecule has 2 aromatic heterocycles. The lowest BCUT2D eigenvalue weighted by Crippen LogP contribution is -2.37. The average Bonchev–Trinajstić information content (AvgIpc) is 3.20. The van der Waals surface area contributed by atoms with Crippen molar-refractivity contribution in [3.05, 3.63) is 51.3 Å². The van der Waals surface area contributed by atoms with E-state index in [1.807, 2.05) is 36.5 Å². The minimum absolute atomic E-state index is 0.111. The SMILES string of the molecule is Cc1ccc2[nH]nc(C(=O)NCCN3CCc4sccc4C3)c2c1. The van der Waals surface area contributed by atoms with Crippen LogP contribution >= 0.6 is 11.3 Å². The molecule has 124 valence electrons. The zero-order valence-electron chi connectivity index (χ0n) is 13.6. The van der Waals surface area contributed by atoms with Gasteiger partial charge in [-0.15, -0.1) is 11.3 Å². The second-order valence-corrected chi connectivity index (χ2v) is 7.27. The Morgan fingerprint density at radius 3 is 3.25 bits per heavy atom. The minimum atomic E-state index is -0.111. The van der Waals surface area contributed by atoms with E-state index in [4.69, 9.17) is 0 Å². The fourth-order valence-corrected chi connectivity index (χ4v) is 4.10. The number of hydrogen-bond acceptors (Lipinski definition) is 4. The van der Waals surface area contributed by atoms with Crippen LogP contribution < -0.4 is 5.32 Å². The number of carbonyl (C=O) groups excluding carboxylic acids is 1. The zero-order valence-corrected chi connectivity index (χ0v) is 14.4. The largest absolute Gasteiger partial charge is 0.349 e. The summed E-state index contributed by atoms with van der Waals surface area (Å²) in [6, 6.07) is 8.18. The summed E-state index contributed by atoms with van der Waals surface area (Å²) in [6.07, 6.45) is 1.12. The molecule has 0 bridgehead atoms. The van der Waals surface area contributed by atoms with Crippen molar-refractivity contribution in [3.63, 3.8) is 0 Å². The second-order valence-electron chi connectivity index (χ2n) is 6.27. The third-order valence-corrected chi connectivity index (χ3v) is 5.56. The number of hydrogen-bond donors (Lipinski definition) is 2. The Morgan fingerprint density at radius 2 is 2.33 bits per heavy atom. The van der Waals surface area contributed by atoms with Gasteiger partial charge in [0, 0.05) is 36.4 Å². The first-order chi connectivity index (χ1) is 11.7. The van der Waals surface area contributed by atoms with Crippen LogP contribution in [0.3, 0.4) is 0 Å². The first-order valence-electron chi connectivity index (χ1n) is 8.21. The number of nitrogens with one attached hydrogen (secondary N) is 2. The maximum atomic E-state index is 12.4. The van der Waals surface area contributed by atoms with Gasteiger partial charge in [-0.2, -0.15) is 5.10 Å². The van der Waals surface area contributed by atoms with Gasteiger partial charge in [0.1, 0.15) is 0 Å². The highest BCUT2D eigenvalue weighted by molar-refractivity contribution is 7.10. The summed E-state index contributed by atoms with van der Waals surface area (Å²) in [4.78, 5) is 16.3. The standard InChI is InChI=1S/C18H20N4OS/c1-12-2-3-15-14(10-12)17(21-20-15)18(23)19-6-8-22-7-4-16-13(11-22)5-9-24-16/h2-3,5,9-10H,4,6-8,11H2,1H3,(H,19,23)(H,20,21). The Bertz CT molecular complexity index is 882. The van der Waals surface area contributed by atoms with Gasteiger partial charge in [0.25, 0.3) is 5.91 Å². The fourth-order valence-electron chi connectivity index (χ4n) is 3.21. The van der Waals surface area contributed by atoms with E-state index in [1.165, 1.54) is 10.4 Å². The van der Waals surface area contributed by atoms with Crippen molar-refractivity contribution in [2.45, 2.75) is 19.9 Å². The molecule has 0 saturated carbocycles. The molecule has 3 heterocycles. The molecule has 1 aliphatic heterocycles. The summed E-state index contributed by atoms with van der Waals surface area (Å²) in [5.41, 5.74) is 3.93. The van der Waals surface area contributed by atoms with Gasteiger partial charge in [0.15, 0.2) is 5.69 Å². The van der Waals surface area contributed by atoms with Gasteiger partial charge in [-0.05, 0) is 42.5 Å². The molecule has 0 aliphatic carbocycles. The van der Waals surface area contributed by atoms with Crippen molar-refractivity contribution in [1.29, 1.82) is 0 Å². The van der Waals surface area contributed by atoms with E-state index in [9.17, 15) is 4.79 Å². The van der Waals surface area contributed by atoms with Crippen molar-refractivity contribution in [2.75, 3.05) is 19.6 Å². The molecule has 3 aromatic rings. The summed E-state index contributed by atoms with van der Waals surface area (Å²) in [7, 11) is 0. The Morgan fingerprint density at radius 1 is 1.42 bits per heavy atom. The number of benzene rings is 1. The van der Waals surface area contributed by atoms with E-state index in [1.54, 1.807) is 0 Å². The topological polar surface area (TPSA) is 61.0 Å². The van der Waals surface area contributed by atoms with Gasteiger partial charge in [0.2, 0.25) is 0 Å². The lowest BCUT2D eigenvalue weighted by Gasteiger charge is -2.26. The average molecular weight is 340 g/mol. The van der Waals surface area contributed by atoms with Crippen LogP contribution in [0.5, 0.6) is 0 Å². The first kappa shape index (κ1) is 15.4. The summed E-state index contributed by atoms with van der Waals surface area (Å²) in [5.74, 6) is -0.111. The normalized spacial score (nSPS) is 14.7. The van der Waals surface area contributed by atoms with Crippen LogP contribution in [0.4, 0.5) is 0 Å². The first-order valence-corrected chi connectivity index (χ1v) is 9.09. The monoisotopic (exact) mass is 340 g/mol. The quantitative estimate of drug-likeness (QED) is 0.768. The number of aryl methyl sites for hydroxylation is 1. The second kappa shape index (κ2) is 6.37. The molecular formula is C18H20N4OS. The smallest absolute Gasteiger partial charge is 0.272 e. The van der Waals surface area contributed by atoms with E-state index in [2.05, 4.69) is 31.9 Å². The molecular weight excluding hydrogens is 320 g/mol. The van der Waals surface area contributed by atoms with Gasteiger partial charge in [-0.25, -0.2) is 0 Å². The predicted octanol–water partition coefficient (Wildman–Crippen LogP) is 2.72. The lowest BCUT2D eigenvalue weighted by molar-refractivity contribution is 0.0944. The predicted molar refractivity (Wildman–Crippen MR) is 96.5 cm³/mol. The van der Waals surface area contributed by atoms with E-state index in [0.29, 0.717) is 12.2 Å². The molecule has 0 saturated heterocycles. The van der Waals surface area contributed by atoms with Crippen LogP contribution in [-0.2, 0) is 13.0 Å². The molecule has 6 heteroatoms. The molecule has 0 spiro atoms. The molecule has 1 amide bonds. The van der Waals surface area contributed by atoms with Crippen LogP contribution in [0, 0.1) is 6.92 Å². The van der Waals surface area contributed by atoms with Gasteiger partial charge in [-0.1, -0.05) is 11.6 Å². The number of amides is 1. The van der Waals surface area contributed by atoms with Gasteiger partial charge in [0.05, 0.1) is 5.52 Å². The Kier molecular flexibility index (Phi) is 4.08. The molecule has 2 N–H and O–H groups in total. The molecule has 5 nitrogen and oxygen atoms in total. The number of nitrogens with zero attached hydrogens (tertiary/aromatic N) is 2. The number of rotatable bonds is 4.